The second kappa shape index (κ2) is 24.1. The molecule has 0 atom stereocenters. The van der Waals surface area contributed by atoms with Gasteiger partial charge < -0.3 is 0 Å². The molecule has 0 aromatic heterocycles. The lowest BCUT2D eigenvalue weighted by Gasteiger charge is -2.02. The van der Waals surface area contributed by atoms with Crippen molar-refractivity contribution in [3.63, 3.8) is 0 Å². The summed E-state index contributed by atoms with van der Waals surface area (Å²) < 4.78 is 0. The van der Waals surface area contributed by atoms with Crippen molar-refractivity contribution in [3.8, 4) is 0 Å². The van der Waals surface area contributed by atoms with Gasteiger partial charge in [-0.3, -0.25) is 9.59 Å². The van der Waals surface area contributed by atoms with E-state index in [2.05, 4.69) is 13.8 Å². The van der Waals surface area contributed by atoms with E-state index in [1.807, 2.05) is 12.4 Å². The molecule has 2 heteroatoms. The van der Waals surface area contributed by atoms with Gasteiger partial charge in [0.15, 0.2) is 5.78 Å². The minimum Gasteiger partial charge on any atom is -0.289 e. The normalized spacial score (nSPS) is 12.0. The molecular weight excluding hydrogens is 368 g/mol. The highest BCUT2D eigenvalue weighted by Crippen LogP contribution is 2.13. The van der Waals surface area contributed by atoms with E-state index in [0.717, 1.165) is 25.7 Å². The summed E-state index contributed by atoms with van der Waals surface area (Å²) in [4.78, 5) is 23.1. The van der Waals surface area contributed by atoms with Crippen LogP contribution in [-0.4, -0.2) is 12.1 Å². The van der Waals surface area contributed by atoms with Gasteiger partial charge in [-0.05, 0) is 31.8 Å². The maximum absolute atomic E-state index is 12.1. The van der Waals surface area contributed by atoms with Gasteiger partial charge >= 0.3 is 0 Å². The summed E-state index contributed by atoms with van der Waals surface area (Å²) in [6.07, 6.45) is 32.2. The summed E-state index contributed by atoms with van der Waals surface area (Å²) >= 11 is 0. The van der Waals surface area contributed by atoms with E-state index in [4.69, 9.17) is 0 Å². The Morgan fingerprint density at radius 1 is 0.600 bits per heavy atom. The Morgan fingerprint density at radius 2 is 1.00 bits per heavy atom. The number of unbranched alkanes of at least 4 members (excludes halogenated alkanes) is 18. The minimum atomic E-state index is -0.187. The van der Waals surface area contributed by atoms with Crippen LogP contribution < -0.4 is 0 Å². The molecule has 0 amide bonds. The lowest BCUT2D eigenvalue weighted by molar-refractivity contribution is -0.110. The van der Waals surface area contributed by atoms with Crippen molar-refractivity contribution >= 4 is 12.1 Å². The fraction of sp³-hybridized carbons (Fsp3) is 0.786. The minimum absolute atomic E-state index is 0.187. The quantitative estimate of drug-likeness (QED) is 0.0719. The molecule has 1 radical (unpaired) electrons. The molecule has 0 aliphatic carbocycles. The lowest BCUT2D eigenvalue weighted by Crippen LogP contribution is -1.99. The highest BCUT2D eigenvalue weighted by Gasteiger charge is 2.05. The van der Waals surface area contributed by atoms with Crippen LogP contribution in [0.15, 0.2) is 23.8 Å². The number of ketones is 1. The molecule has 0 bridgehead atoms. The van der Waals surface area contributed by atoms with Gasteiger partial charge in [0.1, 0.15) is 0 Å². The van der Waals surface area contributed by atoms with Crippen molar-refractivity contribution in [1.82, 2.24) is 0 Å². The van der Waals surface area contributed by atoms with Crippen LogP contribution in [0.2, 0.25) is 0 Å². The Bertz CT molecular complexity index is 448. The zero-order valence-corrected chi connectivity index (χ0v) is 20.2. The molecule has 0 rings (SSSR count). The van der Waals surface area contributed by atoms with Crippen molar-refractivity contribution in [3.05, 3.63) is 23.8 Å². The van der Waals surface area contributed by atoms with Gasteiger partial charge in [0.05, 0.1) is 5.57 Å². The van der Waals surface area contributed by atoms with E-state index < -0.39 is 0 Å². The zero-order valence-electron chi connectivity index (χ0n) is 20.2. The van der Waals surface area contributed by atoms with Crippen molar-refractivity contribution in [1.29, 1.82) is 0 Å². The first-order valence-electron chi connectivity index (χ1n) is 13.0. The fourth-order valence-electron chi connectivity index (χ4n) is 3.75. The first-order valence-corrected chi connectivity index (χ1v) is 13.0. The topological polar surface area (TPSA) is 34.1 Å². The van der Waals surface area contributed by atoms with Gasteiger partial charge in [0.2, 0.25) is 6.29 Å². The fourth-order valence-corrected chi connectivity index (χ4v) is 3.75. The first kappa shape index (κ1) is 28.8. The summed E-state index contributed by atoms with van der Waals surface area (Å²) in [5.41, 5.74) is 0.205. The predicted octanol–water partition coefficient (Wildman–Crippen LogP) is 8.99. The highest BCUT2D eigenvalue weighted by atomic mass is 16.1. The van der Waals surface area contributed by atoms with E-state index >= 15 is 0 Å². The molecule has 0 unspecified atom stereocenters. The summed E-state index contributed by atoms with van der Waals surface area (Å²) in [5.74, 6) is -0.187. The molecule has 0 aliphatic rings. The monoisotopic (exact) mass is 417 g/mol. The smallest absolute Gasteiger partial charge is 0.237 e. The van der Waals surface area contributed by atoms with Gasteiger partial charge in [-0.1, -0.05) is 129 Å². The van der Waals surface area contributed by atoms with Gasteiger partial charge in [0, 0.05) is 0 Å². The standard InChI is InChI=1S/C28H49O2/c1-3-5-7-9-11-12-13-14-15-16-17-19-20-22-24-27(26-29)28(30)25-23-21-18-10-8-6-4-2/h23-25H,3-22H2,1-2H3. The van der Waals surface area contributed by atoms with E-state index in [1.165, 1.54) is 103 Å². The SMILES string of the molecule is CCCCCCCC=CC(=O)C([C]=O)=CCCCCCCCCCCCCCCC. The molecule has 0 heterocycles. The first-order chi connectivity index (χ1) is 14.8. The maximum atomic E-state index is 12.1. The van der Waals surface area contributed by atoms with E-state index in [0.29, 0.717) is 0 Å². The molecule has 2 nitrogen and oxygen atoms in total. The molecule has 0 aromatic rings. The largest absolute Gasteiger partial charge is 0.289 e. The van der Waals surface area contributed by atoms with Crippen LogP contribution in [0.25, 0.3) is 0 Å². The molecule has 0 N–H and O–H groups in total. The number of hydrogen-bond donors (Lipinski definition) is 0. The Morgan fingerprint density at radius 3 is 1.43 bits per heavy atom. The van der Waals surface area contributed by atoms with Gasteiger partial charge in [-0.15, -0.1) is 0 Å². The third-order valence-corrected chi connectivity index (χ3v) is 5.78. The molecule has 0 saturated carbocycles. The van der Waals surface area contributed by atoms with Crippen LogP contribution in [0.5, 0.6) is 0 Å². The summed E-state index contributed by atoms with van der Waals surface area (Å²) in [6.45, 7) is 4.48. The van der Waals surface area contributed by atoms with E-state index in [1.54, 1.807) is 12.2 Å². The number of carbonyl (C=O) groups is 1. The Hall–Kier alpha value is -1.18. The number of carbonyl (C=O) groups excluding carboxylic acids is 2. The average molecular weight is 418 g/mol. The zero-order chi connectivity index (χ0) is 22.1. The van der Waals surface area contributed by atoms with Crippen LogP contribution in [0, 0.1) is 0 Å². The third-order valence-electron chi connectivity index (χ3n) is 5.78. The Labute approximate surface area is 188 Å². The summed E-state index contributed by atoms with van der Waals surface area (Å²) in [5, 5.41) is 0. The summed E-state index contributed by atoms with van der Waals surface area (Å²) in [7, 11) is 0. The highest BCUT2D eigenvalue weighted by molar-refractivity contribution is 6.17. The molecular formula is C28H49O2. The van der Waals surface area contributed by atoms with Gasteiger partial charge in [0.25, 0.3) is 0 Å². The molecule has 0 saturated heterocycles. The van der Waals surface area contributed by atoms with E-state index in [9.17, 15) is 9.59 Å². The molecule has 0 aromatic carbocycles. The maximum Gasteiger partial charge on any atom is 0.237 e. The summed E-state index contributed by atoms with van der Waals surface area (Å²) in [6, 6.07) is 0. The molecule has 173 valence electrons. The lowest BCUT2D eigenvalue weighted by atomic mass is 10.0. The van der Waals surface area contributed by atoms with Crippen molar-refractivity contribution in [2.24, 2.45) is 0 Å². The predicted molar refractivity (Wildman–Crippen MR) is 132 cm³/mol. The van der Waals surface area contributed by atoms with Crippen molar-refractivity contribution in [2.45, 2.75) is 142 Å². The third kappa shape index (κ3) is 20.1. The number of rotatable bonds is 23. The second-order valence-corrected chi connectivity index (χ2v) is 8.72. The Balaban J connectivity index is 3.62. The van der Waals surface area contributed by atoms with Gasteiger partial charge in [-0.25, -0.2) is 0 Å². The molecule has 0 fully saturated rings. The van der Waals surface area contributed by atoms with Crippen LogP contribution in [0.4, 0.5) is 0 Å². The van der Waals surface area contributed by atoms with Crippen LogP contribution in [-0.2, 0) is 9.59 Å². The molecule has 0 aliphatic heterocycles. The molecule has 30 heavy (non-hydrogen) atoms. The van der Waals surface area contributed by atoms with Crippen molar-refractivity contribution < 1.29 is 9.59 Å². The molecule has 0 spiro atoms. The van der Waals surface area contributed by atoms with Crippen LogP contribution in [0.3, 0.4) is 0 Å². The average Bonchev–Trinajstić information content (AvgIpc) is 2.75. The van der Waals surface area contributed by atoms with Crippen LogP contribution in [0.1, 0.15) is 142 Å². The van der Waals surface area contributed by atoms with Gasteiger partial charge in [-0.2, -0.15) is 0 Å². The number of hydrogen-bond acceptors (Lipinski definition) is 2. The van der Waals surface area contributed by atoms with Crippen molar-refractivity contribution in [2.75, 3.05) is 0 Å². The van der Waals surface area contributed by atoms with E-state index in [-0.39, 0.29) is 11.4 Å². The Kier molecular flexibility index (Phi) is 23.1. The second-order valence-electron chi connectivity index (χ2n) is 8.72. The van der Waals surface area contributed by atoms with Crippen LogP contribution >= 0.6 is 0 Å². The number of allylic oxidation sites excluding steroid dienone is 4.